The molecule has 3 heterocycles. The number of hydrogen-bond donors (Lipinski definition) is 1. The molecule has 2 bridgehead atoms. The van der Waals surface area contributed by atoms with Gasteiger partial charge in [-0.1, -0.05) is 61.4 Å². The summed E-state index contributed by atoms with van der Waals surface area (Å²) < 4.78 is 15.6. The second kappa shape index (κ2) is 6.74. The summed E-state index contributed by atoms with van der Waals surface area (Å²) in [6.45, 7) is 2.38. The molecule has 1 N–H and O–H groups in total. The van der Waals surface area contributed by atoms with E-state index >= 15 is 4.39 Å². The molecule has 0 aromatic heterocycles. The summed E-state index contributed by atoms with van der Waals surface area (Å²) in [6.07, 6.45) is 7.18. The van der Waals surface area contributed by atoms with Gasteiger partial charge in [0.15, 0.2) is 11.3 Å². The molecular weight excluding hydrogens is 313 g/mol. The lowest BCUT2D eigenvalue weighted by Gasteiger charge is -2.46. The standard InChI is InChI=1S/C22H28FNO/c23-21(17-24-15-11-18(21)12-16-24)13-14-22(25,19-7-3-1-4-8-19)20-9-5-2-6-10-20/h1,3-4,7-8,18,20,25H,2,5-6,9-12,15-17H2. The molecule has 3 heteroatoms. The fraction of sp³-hybridized carbons (Fsp3) is 0.636. The first-order chi connectivity index (χ1) is 12.1. The number of rotatable bonds is 2. The molecule has 4 aliphatic rings. The minimum Gasteiger partial charge on any atom is -0.373 e. The molecule has 1 aromatic rings. The molecular formula is C22H28FNO. The lowest BCUT2D eigenvalue weighted by Crippen LogP contribution is -2.56. The Hall–Kier alpha value is -1.37. The normalized spacial score (nSPS) is 34.8. The Kier molecular flexibility index (Phi) is 4.60. The Morgan fingerprint density at radius 3 is 2.32 bits per heavy atom. The van der Waals surface area contributed by atoms with Gasteiger partial charge in [-0.2, -0.15) is 0 Å². The molecule has 2 nitrogen and oxygen atoms in total. The van der Waals surface area contributed by atoms with Crippen molar-refractivity contribution >= 4 is 0 Å². The molecule has 0 radical (unpaired) electrons. The monoisotopic (exact) mass is 341 g/mol. The van der Waals surface area contributed by atoms with Gasteiger partial charge in [-0.15, -0.1) is 0 Å². The lowest BCUT2D eigenvalue weighted by molar-refractivity contribution is -0.0183. The molecule has 3 saturated heterocycles. The van der Waals surface area contributed by atoms with Crippen LogP contribution >= 0.6 is 0 Å². The van der Waals surface area contributed by atoms with Gasteiger partial charge in [-0.3, -0.25) is 4.90 Å². The molecule has 1 aliphatic carbocycles. The predicted octanol–water partition coefficient (Wildman–Crippen LogP) is 3.89. The number of alkyl halides is 1. The van der Waals surface area contributed by atoms with Crippen LogP contribution in [0.5, 0.6) is 0 Å². The maximum Gasteiger partial charge on any atom is 0.186 e. The van der Waals surface area contributed by atoms with E-state index in [1.54, 1.807) is 0 Å². The number of aliphatic hydroxyl groups is 1. The van der Waals surface area contributed by atoms with Crippen molar-refractivity contribution in [3.63, 3.8) is 0 Å². The first kappa shape index (κ1) is 17.1. The Morgan fingerprint density at radius 1 is 1.04 bits per heavy atom. The van der Waals surface area contributed by atoms with E-state index in [9.17, 15) is 5.11 Å². The highest BCUT2D eigenvalue weighted by atomic mass is 19.1. The highest BCUT2D eigenvalue weighted by Gasteiger charge is 2.47. The van der Waals surface area contributed by atoms with E-state index in [-0.39, 0.29) is 11.8 Å². The van der Waals surface area contributed by atoms with Crippen LogP contribution in [0.25, 0.3) is 0 Å². The van der Waals surface area contributed by atoms with Crippen LogP contribution in [-0.4, -0.2) is 35.3 Å². The molecule has 1 aromatic carbocycles. The van der Waals surface area contributed by atoms with Crippen molar-refractivity contribution in [1.82, 2.24) is 4.90 Å². The predicted molar refractivity (Wildman–Crippen MR) is 97.7 cm³/mol. The maximum absolute atomic E-state index is 15.6. The van der Waals surface area contributed by atoms with Crippen LogP contribution in [0.1, 0.15) is 50.5 Å². The van der Waals surface area contributed by atoms with E-state index in [1.807, 2.05) is 30.3 Å². The van der Waals surface area contributed by atoms with Crippen LogP contribution in [-0.2, 0) is 5.60 Å². The maximum atomic E-state index is 15.6. The van der Waals surface area contributed by atoms with Crippen LogP contribution in [0.4, 0.5) is 4.39 Å². The highest BCUT2D eigenvalue weighted by Crippen LogP contribution is 2.41. The minimum atomic E-state index is -1.46. The topological polar surface area (TPSA) is 23.5 Å². The van der Waals surface area contributed by atoms with Gasteiger partial charge in [0, 0.05) is 18.4 Å². The average molecular weight is 341 g/mol. The summed E-state index contributed by atoms with van der Waals surface area (Å²) in [5.41, 5.74) is -1.87. The first-order valence-corrected chi connectivity index (χ1v) is 9.84. The van der Waals surface area contributed by atoms with Gasteiger partial charge < -0.3 is 5.11 Å². The van der Waals surface area contributed by atoms with Crippen LogP contribution < -0.4 is 0 Å². The van der Waals surface area contributed by atoms with Gasteiger partial charge in [-0.25, -0.2) is 4.39 Å². The van der Waals surface area contributed by atoms with Gasteiger partial charge in [-0.05, 0) is 44.3 Å². The second-order valence-corrected chi connectivity index (χ2v) is 8.13. The molecule has 25 heavy (non-hydrogen) atoms. The molecule has 2 atom stereocenters. The Morgan fingerprint density at radius 2 is 1.72 bits per heavy atom. The summed E-state index contributed by atoms with van der Waals surface area (Å²) in [5, 5.41) is 11.6. The molecule has 3 aliphatic heterocycles. The van der Waals surface area contributed by atoms with E-state index in [4.69, 9.17) is 0 Å². The van der Waals surface area contributed by atoms with Crippen molar-refractivity contribution in [2.75, 3.05) is 19.6 Å². The van der Waals surface area contributed by atoms with Gasteiger partial charge in [0.1, 0.15) is 0 Å². The number of piperidine rings is 3. The molecule has 134 valence electrons. The van der Waals surface area contributed by atoms with Crippen LogP contribution in [0.2, 0.25) is 0 Å². The number of nitrogens with zero attached hydrogens (tertiary/aromatic N) is 1. The zero-order chi connectivity index (χ0) is 17.3. The summed E-state index contributed by atoms with van der Waals surface area (Å²) in [4.78, 5) is 2.18. The lowest BCUT2D eigenvalue weighted by atomic mass is 9.72. The Balaban J connectivity index is 1.68. The zero-order valence-corrected chi connectivity index (χ0v) is 14.9. The second-order valence-electron chi connectivity index (χ2n) is 8.13. The van der Waals surface area contributed by atoms with E-state index < -0.39 is 11.3 Å². The van der Waals surface area contributed by atoms with E-state index in [0.717, 1.165) is 57.2 Å². The Labute approximate surface area is 150 Å². The van der Waals surface area contributed by atoms with Crippen LogP contribution in [0, 0.1) is 23.7 Å². The van der Waals surface area contributed by atoms with E-state index in [1.165, 1.54) is 6.42 Å². The van der Waals surface area contributed by atoms with E-state index in [0.29, 0.717) is 6.54 Å². The third-order valence-electron chi connectivity index (χ3n) is 6.56. The van der Waals surface area contributed by atoms with Gasteiger partial charge >= 0.3 is 0 Å². The van der Waals surface area contributed by atoms with Crippen molar-refractivity contribution in [3.05, 3.63) is 35.9 Å². The summed E-state index contributed by atoms with van der Waals surface area (Å²) >= 11 is 0. The molecule has 0 amide bonds. The Bertz CT molecular complexity index is 652. The fourth-order valence-electron chi connectivity index (χ4n) is 4.97. The van der Waals surface area contributed by atoms with Crippen molar-refractivity contribution < 1.29 is 9.50 Å². The first-order valence-electron chi connectivity index (χ1n) is 9.84. The molecule has 1 saturated carbocycles. The summed E-state index contributed by atoms with van der Waals surface area (Å²) in [6, 6.07) is 9.69. The molecule has 5 rings (SSSR count). The SMILES string of the molecule is OC(C#CC1(F)CN2CCC1CC2)(c1ccccc1)C1CCCCC1. The largest absolute Gasteiger partial charge is 0.373 e. The fourth-order valence-corrected chi connectivity index (χ4v) is 4.97. The molecule has 2 unspecified atom stereocenters. The van der Waals surface area contributed by atoms with Crippen LogP contribution in [0.3, 0.4) is 0 Å². The average Bonchev–Trinajstić information content (AvgIpc) is 2.68. The zero-order valence-electron chi connectivity index (χ0n) is 14.9. The van der Waals surface area contributed by atoms with E-state index in [2.05, 4.69) is 16.7 Å². The molecule has 0 spiro atoms. The van der Waals surface area contributed by atoms with Gasteiger partial charge in [0.25, 0.3) is 0 Å². The molecule has 4 fully saturated rings. The van der Waals surface area contributed by atoms with Crippen molar-refractivity contribution in [1.29, 1.82) is 0 Å². The number of benzene rings is 1. The highest BCUT2D eigenvalue weighted by molar-refractivity contribution is 5.36. The van der Waals surface area contributed by atoms with Gasteiger partial charge in [0.2, 0.25) is 0 Å². The van der Waals surface area contributed by atoms with Crippen molar-refractivity contribution in [2.24, 2.45) is 11.8 Å². The number of hydrogen-bond acceptors (Lipinski definition) is 2. The van der Waals surface area contributed by atoms with Crippen molar-refractivity contribution in [2.45, 2.75) is 56.2 Å². The smallest absolute Gasteiger partial charge is 0.186 e. The minimum absolute atomic E-state index is 0.0244. The van der Waals surface area contributed by atoms with Crippen LogP contribution in [0.15, 0.2) is 30.3 Å². The third-order valence-corrected chi connectivity index (χ3v) is 6.56. The number of halogens is 1. The summed E-state index contributed by atoms with van der Waals surface area (Å²) in [5.74, 6) is 6.16. The van der Waals surface area contributed by atoms with Crippen molar-refractivity contribution in [3.8, 4) is 11.8 Å². The quantitative estimate of drug-likeness (QED) is 0.825. The van der Waals surface area contributed by atoms with Gasteiger partial charge in [0.05, 0.1) is 0 Å². The number of fused-ring (bicyclic) bond motifs is 3. The summed E-state index contributed by atoms with van der Waals surface area (Å²) in [7, 11) is 0. The third kappa shape index (κ3) is 3.23.